The molecule has 0 radical (unpaired) electrons. The number of aromatic nitrogens is 4. The molecule has 1 saturated carbocycles. The molecule has 0 atom stereocenters. The minimum atomic E-state index is 0.0615. The number of rotatable bonds is 5. The zero-order valence-electron chi connectivity index (χ0n) is 15.4. The topological polar surface area (TPSA) is 76.7 Å². The van der Waals surface area contributed by atoms with Gasteiger partial charge in [-0.3, -0.25) is 14.4 Å². The number of carbonyl (C=O) groups excluding carboxylic acids is 1. The number of hydrogen-bond acceptors (Lipinski definition) is 5. The molecule has 8 heteroatoms. The van der Waals surface area contributed by atoms with Gasteiger partial charge < -0.3 is 10.1 Å². The van der Waals surface area contributed by atoms with Crippen molar-refractivity contribution in [2.24, 2.45) is 13.0 Å². The molecule has 0 unspecified atom stereocenters. The number of nitrogens with one attached hydrogen (secondary N) is 1. The third kappa shape index (κ3) is 3.06. The summed E-state index contributed by atoms with van der Waals surface area (Å²) in [6.45, 7) is 1.86. The molecule has 0 spiro atoms. The Morgan fingerprint density at radius 2 is 2.07 bits per heavy atom. The van der Waals surface area contributed by atoms with Crippen molar-refractivity contribution in [3.05, 3.63) is 30.6 Å². The lowest BCUT2D eigenvalue weighted by Gasteiger charge is -2.35. The number of likely N-dealkylation sites (tertiary alicyclic amines) is 1. The van der Waals surface area contributed by atoms with Crippen LogP contribution >= 0.6 is 0 Å². The molecule has 4 heterocycles. The van der Waals surface area contributed by atoms with Crippen LogP contribution < -0.4 is 10.1 Å². The maximum Gasteiger partial charge on any atom is 0.228 e. The molecule has 5 rings (SSSR count). The van der Waals surface area contributed by atoms with Crippen molar-refractivity contribution in [1.29, 1.82) is 0 Å². The molecular formula is C19H22N6O2. The zero-order chi connectivity index (χ0) is 18.5. The molecule has 27 heavy (non-hydrogen) atoms. The molecule has 1 aliphatic carbocycles. The van der Waals surface area contributed by atoms with E-state index in [9.17, 15) is 4.79 Å². The Morgan fingerprint density at radius 3 is 2.81 bits per heavy atom. The summed E-state index contributed by atoms with van der Waals surface area (Å²) < 4.78 is 9.72. The van der Waals surface area contributed by atoms with E-state index in [1.165, 1.54) is 0 Å². The van der Waals surface area contributed by atoms with Crippen molar-refractivity contribution in [2.45, 2.75) is 18.9 Å². The van der Waals surface area contributed by atoms with Gasteiger partial charge in [-0.15, -0.1) is 0 Å². The molecule has 1 N–H and O–H groups in total. The Balaban J connectivity index is 1.43. The van der Waals surface area contributed by atoms with E-state index in [2.05, 4.69) is 27.5 Å². The fourth-order valence-electron chi connectivity index (χ4n) is 3.51. The van der Waals surface area contributed by atoms with Crippen LogP contribution in [0.2, 0.25) is 0 Å². The van der Waals surface area contributed by atoms with E-state index in [0.29, 0.717) is 5.82 Å². The number of nitrogens with zero attached hydrogens (tertiary/aromatic N) is 5. The van der Waals surface area contributed by atoms with E-state index in [1.54, 1.807) is 10.7 Å². The first-order valence-electron chi connectivity index (χ1n) is 9.25. The third-order valence-corrected chi connectivity index (χ3v) is 5.17. The van der Waals surface area contributed by atoms with Gasteiger partial charge in [-0.1, -0.05) is 0 Å². The standard InChI is InChI=1S/C19H22N6O2/c1-23-10-15(11-23)27-16-9-20-24(2)18(16)13-5-6-25-14(7-13)8-17(22-25)21-19(26)12-3-4-12/h5-9,12,15H,3-4,10-11H2,1-2H3,(H,21,22,26). The first-order valence-corrected chi connectivity index (χ1v) is 9.25. The maximum atomic E-state index is 12.0. The van der Waals surface area contributed by atoms with Gasteiger partial charge in [-0.25, -0.2) is 4.52 Å². The van der Waals surface area contributed by atoms with Crippen LogP contribution in [-0.4, -0.2) is 56.4 Å². The van der Waals surface area contributed by atoms with Gasteiger partial charge in [0.2, 0.25) is 5.91 Å². The Kier molecular flexibility index (Phi) is 3.68. The number of likely N-dealkylation sites (N-methyl/N-ethyl adjacent to an activating group) is 1. The highest BCUT2D eigenvalue weighted by atomic mass is 16.5. The minimum Gasteiger partial charge on any atom is -0.484 e. The van der Waals surface area contributed by atoms with Gasteiger partial charge in [-0.05, 0) is 32.0 Å². The third-order valence-electron chi connectivity index (χ3n) is 5.17. The van der Waals surface area contributed by atoms with Crippen molar-refractivity contribution in [3.8, 4) is 17.0 Å². The van der Waals surface area contributed by atoms with Crippen LogP contribution in [0.3, 0.4) is 0 Å². The summed E-state index contributed by atoms with van der Waals surface area (Å²) in [5, 5.41) is 11.7. The molecule has 140 valence electrons. The van der Waals surface area contributed by atoms with Gasteiger partial charge in [0.25, 0.3) is 0 Å². The van der Waals surface area contributed by atoms with Crippen molar-refractivity contribution >= 4 is 17.2 Å². The first-order chi connectivity index (χ1) is 13.1. The number of aryl methyl sites for hydroxylation is 1. The van der Waals surface area contributed by atoms with E-state index in [1.807, 2.05) is 36.1 Å². The Morgan fingerprint density at radius 1 is 1.26 bits per heavy atom. The predicted octanol–water partition coefficient (Wildman–Crippen LogP) is 1.78. The summed E-state index contributed by atoms with van der Waals surface area (Å²) in [6.07, 6.45) is 5.83. The van der Waals surface area contributed by atoms with Crippen LogP contribution in [0.4, 0.5) is 5.82 Å². The van der Waals surface area contributed by atoms with Crippen molar-refractivity contribution in [3.63, 3.8) is 0 Å². The second-order valence-corrected chi connectivity index (χ2v) is 7.52. The van der Waals surface area contributed by atoms with Crippen LogP contribution in [0.15, 0.2) is 30.6 Å². The van der Waals surface area contributed by atoms with Crippen LogP contribution in [0.25, 0.3) is 16.8 Å². The summed E-state index contributed by atoms with van der Waals surface area (Å²) in [7, 11) is 3.99. The number of fused-ring (bicyclic) bond motifs is 1. The molecule has 0 aromatic carbocycles. The maximum absolute atomic E-state index is 12.0. The Labute approximate surface area is 156 Å². The highest BCUT2D eigenvalue weighted by Gasteiger charge is 2.30. The van der Waals surface area contributed by atoms with Crippen molar-refractivity contribution < 1.29 is 9.53 Å². The highest BCUT2D eigenvalue weighted by Crippen LogP contribution is 2.33. The van der Waals surface area contributed by atoms with E-state index in [4.69, 9.17) is 4.74 Å². The molecule has 0 bridgehead atoms. The summed E-state index contributed by atoms with van der Waals surface area (Å²) in [5.41, 5.74) is 2.86. The summed E-state index contributed by atoms with van der Waals surface area (Å²) in [6, 6.07) is 5.92. The summed E-state index contributed by atoms with van der Waals surface area (Å²) in [5.74, 6) is 1.60. The second kappa shape index (κ2) is 6.09. The molecule has 1 saturated heterocycles. The van der Waals surface area contributed by atoms with Gasteiger partial charge in [0, 0.05) is 43.9 Å². The van der Waals surface area contributed by atoms with Crippen LogP contribution in [0.5, 0.6) is 5.75 Å². The molecule has 3 aromatic heterocycles. The lowest BCUT2D eigenvalue weighted by atomic mass is 10.1. The Bertz CT molecular complexity index is 1010. The molecule has 3 aromatic rings. The van der Waals surface area contributed by atoms with E-state index < -0.39 is 0 Å². The average molecular weight is 366 g/mol. The smallest absolute Gasteiger partial charge is 0.228 e. The van der Waals surface area contributed by atoms with E-state index in [-0.39, 0.29) is 17.9 Å². The number of amides is 1. The molecule has 8 nitrogen and oxygen atoms in total. The van der Waals surface area contributed by atoms with E-state index >= 15 is 0 Å². The summed E-state index contributed by atoms with van der Waals surface area (Å²) >= 11 is 0. The largest absolute Gasteiger partial charge is 0.484 e. The fraction of sp³-hybridized carbons (Fsp3) is 0.421. The zero-order valence-corrected chi connectivity index (χ0v) is 15.4. The van der Waals surface area contributed by atoms with Gasteiger partial charge in [0.15, 0.2) is 11.6 Å². The van der Waals surface area contributed by atoms with Gasteiger partial charge >= 0.3 is 0 Å². The number of pyridine rings is 1. The number of ether oxygens (including phenoxy) is 1. The van der Waals surface area contributed by atoms with Crippen molar-refractivity contribution in [1.82, 2.24) is 24.3 Å². The minimum absolute atomic E-state index is 0.0615. The quantitative estimate of drug-likeness (QED) is 0.745. The SMILES string of the molecule is CN1CC(Oc2cnn(C)c2-c2ccn3nc(NC(=O)C4CC4)cc3c2)C1. The molecule has 1 amide bonds. The lowest BCUT2D eigenvalue weighted by molar-refractivity contribution is -0.117. The van der Waals surface area contributed by atoms with Crippen molar-refractivity contribution in [2.75, 3.05) is 25.5 Å². The van der Waals surface area contributed by atoms with Crippen LogP contribution in [0.1, 0.15) is 12.8 Å². The lowest BCUT2D eigenvalue weighted by Crippen LogP contribution is -2.51. The molecule has 2 aliphatic rings. The van der Waals surface area contributed by atoms with Gasteiger partial charge in [-0.2, -0.15) is 10.2 Å². The monoisotopic (exact) mass is 366 g/mol. The van der Waals surface area contributed by atoms with Gasteiger partial charge in [0.05, 0.1) is 11.7 Å². The number of anilines is 1. The van der Waals surface area contributed by atoms with Crippen LogP contribution in [-0.2, 0) is 11.8 Å². The number of carbonyl (C=O) groups is 1. The predicted molar refractivity (Wildman–Crippen MR) is 101 cm³/mol. The molecule has 2 fully saturated rings. The highest BCUT2D eigenvalue weighted by molar-refractivity contribution is 5.93. The van der Waals surface area contributed by atoms with Crippen LogP contribution in [0, 0.1) is 5.92 Å². The van der Waals surface area contributed by atoms with Gasteiger partial charge in [0.1, 0.15) is 11.8 Å². The second-order valence-electron chi connectivity index (χ2n) is 7.52. The first kappa shape index (κ1) is 16.3. The average Bonchev–Trinajstić information content (AvgIpc) is 3.30. The summed E-state index contributed by atoms with van der Waals surface area (Å²) in [4.78, 5) is 14.2. The van der Waals surface area contributed by atoms with E-state index in [0.717, 1.165) is 48.5 Å². The Hall–Kier alpha value is -2.87. The molecule has 1 aliphatic heterocycles. The normalized spacial score (nSPS) is 17.9. The fourth-order valence-corrected chi connectivity index (χ4v) is 3.51. The molecular weight excluding hydrogens is 344 g/mol. The number of hydrogen-bond donors (Lipinski definition) is 1.